The van der Waals surface area contributed by atoms with Crippen LogP contribution in [-0.4, -0.2) is 83.8 Å². The van der Waals surface area contributed by atoms with E-state index in [4.69, 9.17) is 10.8 Å². The van der Waals surface area contributed by atoms with Gasteiger partial charge >= 0.3 is 12.1 Å². The first kappa shape index (κ1) is 25.0. The number of aromatic nitrogens is 2. The SMILES string of the molecule is CCCc1cc2c(N3CCN(C(=N)C(F)(F)C(F)(F)F)C(=N)C3)nc(N3CCNC(=O)C3)nc2s1. The Morgan fingerprint density at radius 2 is 1.89 bits per heavy atom. The molecule has 2 aliphatic heterocycles. The number of aryl methyl sites for hydroxylation is 1. The highest BCUT2D eigenvalue weighted by Gasteiger charge is 2.62. The molecule has 0 unspecified atom stereocenters. The van der Waals surface area contributed by atoms with Crippen molar-refractivity contribution in [2.45, 2.75) is 31.9 Å². The minimum absolute atomic E-state index is 0.0380. The standard InChI is InChI=1S/C20H23F5N8OS/c1-2-3-11-8-12-15(29-18(30-16(12)35-11)32-5-4-28-14(34)10-32)31-6-7-33(13(26)9-31)17(27)19(21,22)20(23,24)25/h8,26-27H,2-7,9-10H2,1H3,(H,28,34). The molecule has 4 heterocycles. The molecular formula is C20H23F5N8OS. The summed E-state index contributed by atoms with van der Waals surface area (Å²) in [5.41, 5.74) is 0. The van der Waals surface area contributed by atoms with Crippen LogP contribution in [0.15, 0.2) is 6.07 Å². The maximum Gasteiger partial charge on any atom is 0.461 e. The Hall–Kier alpha value is -3.10. The number of hydrogen-bond donors (Lipinski definition) is 3. The van der Waals surface area contributed by atoms with Gasteiger partial charge in [0.25, 0.3) is 0 Å². The van der Waals surface area contributed by atoms with Crippen molar-refractivity contribution in [1.29, 1.82) is 10.8 Å². The molecule has 0 spiro atoms. The van der Waals surface area contributed by atoms with Crippen LogP contribution < -0.4 is 15.1 Å². The highest BCUT2D eigenvalue weighted by molar-refractivity contribution is 7.18. The number of thiophene rings is 1. The largest absolute Gasteiger partial charge is 0.461 e. The minimum Gasteiger partial charge on any atom is -0.353 e. The highest BCUT2D eigenvalue weighted by Crippen LogP contribution is 2.38. The Morgan fingerprint density at radius 3 is 2.51 bits per heavy atom. The summed E-state index contributed by atoms with van der Waals surface area (Å²) in [6.45, 7) is 2.22. The lowest BCUT2D eigenvalue weighted by molar-refractivity contribution is -0.252. The highest BCUT2D eigenvalue weighted by atomic mass is 32.1. The molecule has 2 aromatic heterocycles. The van der Waals surface area contributed by atoms with Crippen LogP contribution in [0.4, 0.5) is 33.7 Å². The van der Waals surface area contributed by atoms with Crippen LogP contribution >= 0.6 is 11.3 Å². The first-order valence-corrected chi connectivity index (χ1v) is 11.7. The van der Waals surface area contributed by atoms with Crippen LogP contribution in [0.5, 0.6) is 0 Å². The Kier molecular flexibility index (Phi) is 6.55. The zero-order valence-electron chi connectivity index (χ0n) is 18.7. The number of piperazine rings is 2. The summed E-state index contributed by atoms with van der Waals surface area (Å²) >= 11 is 1.46. The third kappa shape index (κ3) is 4.73. The van der Waals surface area contributed by atoms with Gasteiger partial charge in [0.05, 0.1) is 18.5 Å². The van der Waals surface area contributed by atoms with Gasteiger partial charge in [-0.05, 0) is 12.5 Å². The first-order valence-electron chi connectivity index (χ1n) is 10.9. The molecule has 190 valence electrons. The number of anilines is 2. The topological polar surface area (TPSA) is 112 Å². The molecule has 2 aliphatic rings. The number of hydrogen-bond acceptors (Lipinski definition) is 8. The van der Waals surface area contributed by atoms with E-state index < -0.39 is 30.3 Å². The lowest BCUT2D eigenvalue weighted by Gasteiger charge is -2.39. The number of carbonyl (C=O) groups is 1. The lowest BCUT2D eigenvalue weighted by Crippen LogP contribution is -2.59. The van der Waals surface area contributed by atoms with E-state index >= 15 is 0 Å². The Morgan fingerprint density at radius 1 is 1.14 bits per heavy atom. The van der Waals surface area contributed by atoms with Crippen molar-refractivity contribution in [2.75, 3.05) is 49.1 Å². The number of rotatable bonds is 5. The summed E-state index contributed by atoms with van der Waals surface area (Å²) in [5.74, 6) is -7.37. The van der Waals surface area contributed by atoms with Crippen LogP contribution in [0, 0.1) is 10.8 Å². The Bertz CT molecular complexity index is 1170. The van der Waals surface area contributed by atoms with E-state index in [1.165, 1.54) is 11.3 Å². The number of nitrogens with one attached hydrogen (secondary N) is 3. The van der Waals surface area contributed by atoms with Crippen LogP contribution in [0.1, 0.15) is 18.2 Å². The van der Waals surface area contributed by atoms with Gasteiger partial charge in [-0.2, -0.15) is 26.9 Å². The number of carbonyl (C=O) groups excluding carboxylic acids is 1. The van der Waals surface area contributed by atoms with Crippen molar-refractivity contribution >= 4 is 50.9 Å². The molecule has 0 aromatic carbocycles. The fourth-order valence-electron chi connectivity index (χ4n) is 3.94. The van der Waals surface area contributed by atoms with E-state index in [1.807, 2.05) is 13.0 Å². The second-order valence-corrected chi connectivity index (χ2v) is 9.36. The molecule has 0 atom stereocenters. The smallest absolute Gasteiger partial charge is 0.353 e. The third-order valence-electron chi connectivity index (χ3n) is 5.71. The summed E-state index contributed by atoms with van der Waals surface area (Å²) in [6.07, 6.45) is -4.23. The molecule has 9 nitrogen and oxygen atoms in total. The minimum atomic E-state index is -5.93. The molecule has 0 saturated carbocycles. The number of fused-ring (bicyclic) bond motifs is 1. The van der Waals surface area contributed by atoms with Crippen LogP contribution in [0.2, 0.25) is 0 Å². The molecule has 3 N–H and O–H groups in total. The summed E-state index contributed by atoms with van der Waals surface area (Å²) in [5, 5.41) is 19.0. The normalized spacial score (nSPS) is 17.8. The van der Waals surface area contributed by atoms with Crippen molar-refractivity contribution in [2.24, 2.45) is 0 Å². The number of amidine groups is 2. The number of halogens is 5. The monoisotopic (exact) mass is 518 g/mol. The zero-order chi connectivity index (χ0) is 25.5. The van der Waals surface area contributed by atoms with Crippen molar-refractivity contribution in [3.63, 3.8) is 0 Å². The van der Waals surface area contributed by atoms with Gasteiger partial charge in [0, 0.05) is 31.1 Å². The Balaban J connectivity index is 1.65. The number of alkyl halides is 5. The van der Waals surface area contributed by atoms with Gasteiger partial charge in [-0.3, -0.25) is 15.6 Å². The van der Waals surface area contributed by atoms with Gasteiger partial charge < -0.3 is 20.0 Å². The van der Waals surface area contributed by atoms with Crippen LogP contribution in [0.25, 0.3) is 10.2 Å². The molecule has 2 saturated heterocycles. The predicted molar refractivity (Wildman–Crippen MR) is 122 cm³/mol. The van der Waals surface area contributed by atoms with E-state index in [2.05, 4.69) is 15.3 Å². The average molecular weight is 519 g/mol. The first-order chi connectivity index (χ1) is 16.4. The van der Waals surface area contributed by atoms with Crippen molar-refractivity contribution < 1.29 is 26.7 Å². The summed E-state index contributed by atoms with van der Waals surface area (Å²) in [6, 6.07) is 1.92. The molecule has 0 aliphatic carbocycles. The van der Waals surface area contributed by atoms with Gasteiger partial charge in [-0.15, -0.1) is 11.3 Å². The molecule has 35 heavy (non-hydrogen) atoms. The van der Waals surface area contributed by atoms with Gasteiger partial charge in [-0.25, -0.2) is 4.98 Å². The molecule has 15 heteroatoms. The third-order valence-corrected chi connectivity index (χ3v) is 6.80. The number of nitrogens with zero attached hydrogens (tertiary/aromatic N) is 5. The van der Waals surface area contributed by atoms with Crippen molar-refractivity contribution in [3.8, 4) is 0 Å². The molecule has 2 fully saturated rings. The maximum absolute atomic E-state index is 13.7. The fraction of sp³-hybridized carbons (Fsp3) is 0.550. The van der Waals surface area contributed by atoms with E-state index in [9.17, 15) is 26.7 Å². The van der Waals surface area contributed by atoms with Crippen molar-refractivity contribution in [3.05, 3.63) is 10.9 Å². The second-order valence-electron chi connectivity index (χ2n) is 8.24. The average Bonchev–Trinajstić information content (AvgIpc) is 3.20. The molecular weight excluding hydrogens is 495 g/mol. The van der Waals surface area contributed by atoms with Crippen LogP contribution in [0.3, 0.4) is 0 Å². The van der Waals surface area contributed by atoms with Gasteiger partial charge in [0.1, 0.15) is 16.5 Å². The second kappa shape index (κ2) is 9.17. The number of amides is 1. The fourth-order valence-corrected chi connectivity index (χ4v) is 5.06. The van der Waals surface area contributed by atoms with E-state index in [-0.39, 0.29) is 25.5 Å². The van der Waals surface area contributed by atoms with Gasteiger partial charge in [-0.1, -0.05) is 13.3 Å². The molecule has 0 bridgehead atoms. The lowest BCUT2D eigenvalue weighted by atomic mass is 10.2. The van der Waals surface area contributed by atoms with Gasteiger partial charge in [0.15, 0.2) is 5.84 Å². The summed E-state index contributed by atoms with van der Waals surface area (Å²) < 4.78 is 65.7. The quantitative estimate of drug-likeness (QED) is 0.319. The maximum atomic E-state index is 13.7. The van der Waals surface area contributed by atoms with Gasteiger partial charge in [0.2, 0.25) is 11.9 Å². The van der Waals surface area contributed by atoms with E-state index in [0.717, 1.165) is 17.7 Å². The van der Waals surface area contributed by atoms with Crippen LogP contribution in [-0.2, 0) is 11.2 Å². The summed E-state index contributed by atoms with van der Waals surface area (Å²) in [4.78, 5) is 26.5. The predicted octanol–water partition coefficient (Wildman–Crippen LogP) is 2.85. The molecule has 2 aromatic rings. The van der Waals surface area contributed by atoms with E-state index in [0.29, 0.717) is 40.0 Å². The zero-order valence-corrected chi connectivity index (χ0v) is 19.5. The molecule has 0 radical (unpaired) electrons. The molecule has 4 rings (SSSR count). The molecule has 1 amide bonds. The van der Waals surface area contributed by atoms with E-state index in [1.54, 1.807) is 9.80 Å². The summed E-state index contributed by atoms with van der Waals surface area (Å²) in [7, 11) is 0. The van der Waals surface area contributed by atoms with Crippen molar-refractivity contribution in [1.82, 2.24) is 20.2 Å². The Labute approximate surface area is 200 Å².